The lowest BCUT2D eigenvalue weighted by Crippen LogP contribution is -2.13. The van der Waals surface area contributed by atoms with Crippen molar-refractivity contribution in [1.29, 1.82) is 0 Å². The van der Waals surface area contributed by atoms with Crippen LogP contribution in [0, 0.1) is 17.8 Å². The molecule has 0 heteroatoms. The molecule has 0 N–H and O–H groups in total. The minimum atomic E-state index is 0.791. The molecule has 1 aromatic rings. The van der Waals surface area contributed by atoms with E-state index < -0.39 is 0 Å². The highest BCUT2D eigenvalue weighted by molar-refractivity contribution is 5.37. The highest BCUT2D eigenvalue weighted by atomic mass is 14.3. The van der Waals surface area contributed by atoms with E-state index in [2.05, 4.69) is 50.0 Å². The van der Waals surface area contributed by atoms with Crippen LogP contribution in [0.3, 0.4) is 0 Å². The molecule has 1 aliphatic carbocycles. The molecule has 23 heavy (non-hydrogen) atoms. The lowest BCUT2D eigenvalue weighted by atomic mass is 9.77. The third-order valence-corrected chi connectivity index (χ3v) is 5.35. The Kier molecular flexibility index (Phi) is 8.30. The van der Waals surface area contributed by atoms with Crippen LogP contribution >= 0.6 is 0 Å². The molecule has 126 valence electrons. The highest BCUT2D eigenvalue weighted by Gasteiger charge is 2.21. The number of hydrogen-bond acceptors (Lipinski definition) is 0. The van der Waals surface area contributed by atoms with Gasteiger partial charge in [-0.2, -0.15) is 0 Å². The van der Waals surface area contributed by atoms with Crippen molar-refractivity contribution in [3.05, 3.63) is 35.4 Å². The van der Waals surface area contributed by atoms with Crippen LogP contribution in [-0.2, 0) is 0 Å². The van der Waals surface area contributed by atoms with Crippen LogP contribution in [0.2, 0.25) is 0 Å². The Labute approximate surface area is 144 Å². The summed E-state index contributed by atoms with van der Waals surface area (Å²) in [6.45, 7) is 4.40. The Hall–Kier alpha value is -1.22. The van der Waals surface area contributed by atoms with Crippen LogP contribution in [0.5, 0.6) is 0 Å². The van der Waals surface area contributed by atoms with Crippen molar-refractivity contribution < 1.29 is 0 Å². The second-order valence-electron chi connectivity index (χ2n) is 7.20. The molecular formula is C23H34. The first kappa shape index (κ1) is 18.1. The van der Waals surface area contributed by atoms with Crippen molar-refractivity contribution in [3.63, 3.8) is 0 Å². The van der Waals surface area contributed by atoms with Gasteiger partial charge in [0, 0.05) is 12.0 Å². The van der Waals surface area contributed by atoms with Crippen LogP contribution in [0.4, 0.5) is 0 Å². The van der Waals surface area contributed by atoms with Crippen LogP contribution in [-0.4, -0.2) is 0 Å². The normalized spacial score (nSPS) is 20.8. The largest absolute Gasteiger partial charge is 0.0982 e. The maximum absolute atomic E-state index is 3.22. The smallest absolute Gasteiger partial charge is 0.0245 e. The van der Waals surface area contributed by atoms with Gasteiger partial charge in [-0.15, -0.1) is 0 Å². The van der Waals surface area contributed by atoms with E-state index in [-0.39, 0.29) is 0 Å². The van der Waals surface area contributed by atoms with Crippen molar-refractivity contribution in [2.45, 2.75) is 90.4 Å². The van der Waals surface area contributed by atoms with Gasteiger partial charge in [0.2, 0.25) is 0 Å². The zero-order valence-corrected chi connectivity index (χ0v) is 15.2. The van der Waals surface area contributed by atoms with Crippen LogP contribution in [0.15, 0.2) is 24.3 Å². The van der Waals surface area contributed by atoms with Gasteiger partial charge in [0.05, 0.1) is 0 Å². The molecule has 0 nitrogen and oxygen atoms in total. The molecule has 0 aromatic heterocycles. The summed E-state index contributed by atoms with van der Waals surface area (Å²) in [5, 5.41) is 0. The number of hydrogen-bond donors (Lipinski definition) is 0. The quantitative estimate of drug-likeness (QED) is 0.373. The van der Waals surface area contributed by atoms with Crippen molar-refractivity contribution in [2.75, 3.05) is 0 Å². The first-order valence-electron chi connectivity index (χ1n) is 9.92. The molecule has 0 amide bonds. The zero-order valence-electron chi connectivity index (χ0n) is 15.2. The summed E-state index contributed by atoms with van der Waals surface area (Å²) < 4.78 is 0. The second-order valence-corrected chi connectivity index (χ2v) is 7.20. The Bertz CT molecular complexity index is 477. The van der Waals surface area contributed by atoms with Crippen LogP contribution in [0.1, 0.15) is 102 Å². The summed E-state index contributed by atoms with van der Waals surface area (Å²) in [4.78, 5) is 0. The standard InChI is InChI=1S/C23H34/c1-3-5-7-8-9-11-21-14-18-23(19-15-21)22-16-12-20(13-17-22)10-6-4-2/h12-13,16-17,21,23H,3-5,7-9,11,14-15,18-19H2,1-2H3/t21-,23-. The van der Waals surface area contributed by atoms with E-state index in [9.17, 15) is 0 Å². The molecule has 1 saturated carbocycles. The maximum Gasteiger partial charge on any atom is 0.0245 e. The van der Waals surface area contributed by atoms with Crippen LogP contribution in [0.25, 0.3) is 0 Å². The molecule has 0 aliphatic heterocycles. The summed E-state index contributed by atoms with van der Waals surface area (Å²) in [5.41, 5.74) is 2.70. The van der Waals surface area contributed by atoms with Crippen LogP contribution < -0.4 is 0 Å². The summed E-state index contributed by atoms with van der Waals surface area (Å²) in [6, 6.07) is 9.04. The summed E-state index contributed by atoms with van der Waals surface area (Å²) in [6.07, 6.45) is 15.2. The Morgan fingerprint density at radius 3 is 2.22 bits per heavy atom. The van der Waals surface area contributed by atoms with Gasteiger partial charge in [-0.3, -0.25) is 0 Å². The molecule has 0 bridgehead atoms. The van der Waals surface area contributed by atoms with Gasteiger partial charge in [-0.1, -0.05) is 76.3 Å². The summed E-state index contributed by atoms with van der Waals surface area (Å²) in [7, 11) is 0. The van der Waals surface area contributed by atoms with E-state index in [0.29, 0.717) is 0 Å². The third-order valence-electron chi connectivity index (χ3n) is 5.35. The van der Waals surface area contributed by atoms with Gasteiger partial charge >= 0.3 is 0 Å². The van der Waals surface area contributed by atoms with Crippen molar-refractivity contribution in [3.8, 4) is 11.8 Å². The molecule has 0 radical (unpaired) electrons. The number of unbranched alkanes of at least 4 members (excludes halogenated alkanes) is 4. The fraction of sp³-hybridized carbons (Fsp3) is 0.652. The third kappa shape index (κ3) is 6.42. The Morgan fingerprint density at radius 2 is 1.57 bits per heavy atom. The average Bonchev–Trinajstić information content (AvgIpc) is 2.61. The fourth-order valence-corrected chi connectivity index (χ4v) is 3.85. The van der Waals surface area contributed by atoms with E-state index in [1.807, 2.05) is 0 Å². The SMILES string of the molecule is CCC#Cc1ccc([C@H]2CC[C@H](CCCCCCC)CC2)cc1. The number of benzene rings is 1. The van der Waals surface area contributed by atoms with E-state index in [1.54, 1.807) is 0 Å². The van der Waals surface area contributed by atoms with Gasteiger partial charge in [0.1, 0.15) is 0 Å². The van der Waals surface area contributed by atoms with Gasteiger partial charge < -0.3 is 0 Å². The maximum atomic E-state index is 3.22. The van der Waals surface area contributed by atoms with Gasteiger partial charge in [-0.25, -0.2) is 0 Å². The lowest BCUT2D eigenvalue weighted by Gasteiger charge is -2.29. The molecule has 0 atom stereocenters. The molecule has 1 aliphatic rings. The molecular weight excluding hydrogens is 276 g/mol. The molecule has 1 aromatic carbocycles. The first-order chi connectivity index (χ1) is 11.3. The number of rotatable bonds is 7. The molecule has 0 heterocycles. The topological polar surface area (TPSA) is 0 Å². The molecule has 0 spiro atoms. The Balaban J connectivity index is 1.71. The Morgan fingerprint density at radius 1 is 0.870 bits per heavy atom. The lowest BCUT2D eigenvalue weighted by molar-refractivity contribution is 0.302. The predicted octanol–water partition coefficient (Wildman–Crippen LogP) is 7.08. The van der Waals surface area contributed by atoms with E-state index in [4.69, 9.17) is 0 Å². The molecule has 0 unspecified atom stereocenters. The highest BCUT2D eigenvalue weighted by Crippen LogP contribution is 2.37. The van der Waals surface area contributed by atoms with Crippen molar-refractivity contribution in [2.24, 2.45) is 5.92 Å². The average molecular weight is 311 g/mol. The second kappa shape index (κ2) is 10.5. The van der Waals surface area contributed by atoms with E-state index >= 15 is 0 Å². The van der Waals surface area contributed by atoms with Gasteiger partial charge in [-0.05, 0) is 55.2 Å². The molecule has 1 fully saturated rings. The fourth-order valence-electron chi connectivity index (χ4n) is 3.85. The predicted molar refractivity (Wildman–Crippen MR) is 102 cm³/mol. The molecule has 2 rings (SSSR count). The van der Waals surface area contributed by atoms with Crippen molar-refractivity contribution in [1.82, 2.24) is 0 Å². The zero-order chi connectivity index (χ0) is 16.3. The minimum absolute atomic E-state index is 0.791. The molecule has 0 saturated heterocycles. The van der Waals surface area contributed by atoms with E-state index in [0.717, 1.165) is 23.8 Å². The first-order valence-corrected chi connectivity index (χ1v) is 9.92. The monoisotopic (exact) mass is 310 g/mol. The summed E-state index contributed by atoms with van der Waals surface area (Å²) in [5.74, 6) is 8.16. The minimum Gasteiger partial charge on any atom is -0.0982 e. The van der Waals surface area contributed by atoms with Crippen molar-refractivity contribution >= 4 is 0 Å². The van der Waals surface area contributed by atoms with Gasteiger partial charge in [0.25, 0.3) is 0 Å². The van der Waals surface area contributed by atoms with E-state index in [1.165, 1.54) is 69.8 Å². The van der Waals surface area contributed by atoms with Gasteiger partial charge in [0.15, 0.2) is 0 Å². The summed E-state index contributed by atoms with van der Waals surface area (Å²) >= 11 is 0.